The van der Waals surface area contributed by atoms with E-state index in [1.807, 2.05) is 6.07 Å². The number of hydrogen-bond donors (Lipinski definition) is 1. The maximum Gasteiger partial charge on any atom is 0.124 e. The molecule has 1 atom stereocenters. The number of benzene rings is 1. The van der Waals surface area contributed by atoms with Crippen molar-refractivity contribution < 1.29 is 4.39 Å². The Morgan fingerprint density at radius 3 is 2.53 bits per heavy atom. The Morgan fingerprint density at radius 1 is 1.16 bits per heavy atom. The summed E-state index contributed by atoms with van der Waals surface area (Å²) in [5, 5.41) is 3.50. The third kappa shape index (κ3) is 6.53. The van der Waals surface area contributed by atoms with Gasteiger partial charge in [-0.2, -0.15) is 0 Å². The van der Waals surface area contributed by atoms with E-state index in [2.05, 4.69) is 35.1 Å². The van der Waals surface area contributed by atoms with Crippen LogP contribution in [0.1, 0.15) is 64.0 Å². The summed E-state index contributed by atoms with van der Waals surface area (Å²) < 4.78 is 13.9. The smallest absolute Gasteiger partial charge is 0.124 e. The molecule has 0 aromatic heterocycles. The second kappa shape index (κ2) is 9.49. The molecule has 0 heterocycles. The Bertz CT molecular complexity index is 368. The largest absolute Gasteiger partial charge is 0.310 e. The SMILES string of the molecule is CCCCCCCCNC(C)c1ccc(F)cc1Br. The molecule has 1 rings (SSSR count). The molecule has 0 aliphatic rings. The van der Waals surface area contributed by atoms with Gasteiger partial charge in [0.2, 0.25) is 0 Å². The van der Waals surface area contributed by atoms with E-state index in [4.69, 9.17) is 0 Å². The predicted molar refractivity (Wildman–Crippen MR) is 83.9 cm³/mol. The molecule has 0 spiro atoms. The lowest BCUT2D eigenvalue weighted by molar-refractivity contribution is 0.525. The first-order valence-electron chi connectivity index (χ1n) is 7.33. The van der Waals surface area contributed by atoms with Crippen molar-refractivity contribution in [3.63, 3.8) is 0 Å². The Labute approximate surface area is 125 Å². The van der Waals surface area contributed by atoms with Crippen LogP contribution in [0.2, 0.25) is 0 Å². The summed E-state index contributed by atoms with van der Waals surface area (Å²) in [5.74, 6) is -0.196. The predicted octanol–water partition coefficient (Wildman–Crippen LogP) is 5.60. The number of hydrogen-bond acceptors (Lipinski definition) is 1. The maximum absolute atomic E-state index is 13.0. The van der Waals surface area contributed by atoms with Crippen molar-refractivity contribution in [2.45, 2.75) is 58.4 Å². The van der Waals surface area contributed by atoms with Crippen molar-refractivity contribution in [2.24, 2.45) is 0 Å². The van der Waals surface area contributed by atoms with Crippen LogP contribution < -0.4 is 5.32 Å². The zero-order chi connectivity index (χ0) is 14.1. The number of nitrogens with one attached hydrogen (secondary N) is 1. The summed E-state index contributed by atoms with van der Waals surface area (Å²) in [6.07, 6.45) is 7.86. The van der Waals surface area contributed by atoms with Crippen LogP contribution in [-0.2, 0) is 0 Å². The van der Waals surface area contributed by atoms with Gasteiger partial charge in [0.1, 0.15) is 5.82 Å². The molecule has 0 saturated heterocycles. The van der Waals surface area contributed by atoms with E-state index in [0.29, 0.717) is 0 Å². The number of unbranched alkanes of at least 4 members (excludes halogenated alkanes) is 5. The summed E-state index contributed by atoms with van der Waals surface area (Å²) in [6, 6.07) is 5.14. The van der Waals surface area contributed by atoms with E-state index in [0.717, 1.165) is 16.6 Å². The highest BCUT2D eigenvalue weighted by Crippen LogP contribution is 2.24. The molecule has 1 aromatic rings. The van der Waals surface area contributed by atoms with Gasteiger partial charge < -0.3 is 5.32 Å². The molecule has 0 saturated carbocycles. The van der Waals surface area contributed by atoms with Crippen molar-refractivity contribution in [2.75, 3.05) is 6.54 Å². The molecule has 19 heavy (non-hydrogen) atoms. The third-order valence-electron chi connectivity index (χ3n) is 3.41. The quantitative estimate of drug-likeness (QED) is 0.581. The van der Waals surface area contributed by atoms with Crippen LogP contribution >= 0.6 is 15.9 Å². The van der Waals surface area contributed by atoms with Crippen LogP contribution in [0, 0.1) is 5.82 Å². The van der Waals surface area contributed by atoms with Crippen LogP contribution in [0.4, 0.5) is 4.39 Å². The highest BCUT2D eigenvalue weighted by atomic mass is 79.9. The second-order valence-electron chi connectivity index (χ2n) is 5.11. The molecule has 1 N–H and O–H groups in total. The van der Waals surface area contributed by atoms with Gasteiger partial charge in [0.25, 0.3) is 0 Å². The first-order chi connectivity index (χ1) is 9.15. The molecular weight excluding hydrogens is 305 g/mol. The minimum absolute atomic E-state index is 0.196. The molecule has 0 aliphatic carbocycles. The van der Waals surface area contributed by atoms with Gasteiger partial charge in [0, 0.05) is 10.5 Å². The molecular formula is C16H25BrFN. The van der Waals surface area contributed by atoms with Gasteiger partial charge in [-0.3, -0.25) is 0 Å². The maximum atomic E-state index is 13.0. The van der Waals surface area contributed by atoms with E-state index in [1.54, 1.807) is 0 Å². The highest BCUT2D eigenvalue weighted by molar-refractivity contribution is 9.10. The van der Waals surface area contributed by atoms with Crippen LogP contribution in [-0.4, -0.2) is 6.54 Å². The Balaban J connectivity index is 2.22. The lowest BCUT2D eigenvalue weighted by atomic mass is 10.1. The molecule has 1 unspecified atom stereocenters. The lowest BCUT2D eigenvalue weighted by Crippen LogP contribution is -2.20. The summed E-state index contributed by atoms with van der Waals surface area (Å²) in [5.41, 5.74) is 1.12. The molecule has 0 radical (unpaired) electrons. The number of rotatable bonds is 9. The summed E-state index contributed by atoms with van der Waals surface area (Å²) >= 11 is 3.42. The standard InChI is InChI=1S/C16H25BrFN/c1-3-4-5-6-7-8-11-19-13(2)15-10-9-14(18)12-16(15)17/h9-10,12-13,19H,3-8,11H2,1-2H3. The molecule has 1 nitrogen and oxygen atoms in total. The van der Waals surface area contributed by atoms with Gasteiger partial charge in [0.05, 0.1) is 0 Å². The Kier molecular flexibility index (Phi) is 8.31. The molecule has 0 amide bonds. The lowest BCUT2D eigenvalue weighted by Gasteiger charge is -2.16. The second-order valence-corrected chi connectivity index (χ2v) is 5.96. The topological polar surface area (TPSA) is 12.0 Å². The monoisotopic (exact) mass is 329 g/mol. The molecule has 1 aromatic carbocycles. The van der Waals surface area contributed by atoms with Crippen molar-refractivity contribution >= 4 is 15.9 Å². The summed E-state index contributed by atoms with van der Waals surface area (Å²) in [6.45, 7) is 5.38. The van der Waals surface area contributed by atoms with Crippen LogP contribution in [0.15, 0.2) is 22.7 Å². The molecule has 3 heteroatoms. The van der Waals surface area contributed by atoms with E-state index < -0.39 is 0 Å². The van der Waals surface area contributed by atoms with Gasteiger partial charge in [0.15, 0.2) is 0 Å². The van der Waals surface area contributed by atoms with Gasteiger partial charge >= 0.3 is 0 Å². The van der Waals surface area contributed by atoms with E-state index in [-0.39, 0.29) is 11.9 Å². The van der Waals surface area contributed by atoms with E-state index in [1.165, 1.54) is 50.7 Å². The van der Waals surface area contributed by atoms with Gasteiger partial charge in [-0.05, 0) is 37.6 Å². The average molecular weight is 330 g/mol. The molecule has 0 fully saturated rings. The van der Waals surface area contributed by atoms with Crippen molar-refractivity contribution in [1.29, 1.82) is 0 Å². The highest BCUT2D eigenvalue weighted by Gasteiger charge is 2.08. The summed E-state index contributed by atoms with van der Waals surface area (Å²) in [7, 11) is 0. The Hall–Kier alpha value is -0.410. The van der Waals surface area contributed by atoms with E-state index in [9.17, 15) is 4.39 Å². The fourth-order valence-corrected chi connectivity index (χ4v) is 2.88. The minimum atomic E-state index is -0.196. The van der Waals surface area contributed by atoms with Crippen LogP contribution in [0.3, 0.4) is 0 Å². The van der Waals surface area contributed by atoms with E-state index >= 15 is 0 Å². The molecule has 108 valence electrons. The molecule has 0 aliphatic heterocycles. The zero-order valence-corrected chi connectivity index (χ0v) is 13.6. The van der Waals surface area contributed by atoms with Gasteiger partial charge in [-0.25, -0.2) is 4.39 Å². The van der Waals surface area contributed by atoms with Crippen molar-refractivity contribution in [3.8, 4) is 0 Å². The van der Waals surface area contributed by atoms with Crippen LogP contribution in [0.25, 0.3) is 0 Å². The van der Waals surface area contributed by atoms with Crippen molar-refractivity contribution in [1.82, 2.24) is 5.32 Å². The van der Waals surface area contributed by atoms with Gasteiger partial charge in [-0.1, -0.05) is 61.0 Å². The third-order valence-corrected chi connectivity index (χ3v) is 4.10. The zero-order valence-electron chi connectivity index (χ0n) is 12.0. The first-order valence-corrected chi connectivity index (χ1v) is 8.12. The minimum Gasteiger partial charge on any atom is -0.310 e. The summed E-state index contributed by atoms with van der Waals surface area (Å²) in [4.78, 5) is 0. The van der Waals surface area contributed by atoms with Crippen molar-refractivity contribution in [3.05, 3.63) is 34.1 Å². The Morgan fingerprint density at radius 2 is 1.84 bits per heavy atom. The fraction of sp³-hybridized carbons (Fsp3) is 0.625. The normalized spacial score (nSPS) is 12.6. The fourth-order valence-electron chi connectivity index (χ4n) is 2.19. The first kappa shape index (κ1) is 16.6. The van der Waals surface area contributed by atoms with Crippen LogP contribution in [0.5, 0.6) is 0 Å². The average Bonchev–Trinajstić information content (AvgIpc) is 2.37. The molecule has 0 bridgehead atoms. The number of halogens is 2. The van der Waals surface area contributed by atoms with Gasteiger partial charge in [-0.15, -0.1) is 0 Å².